The van der Waals surface area contributed by atoms with Gasteiger partial charge in [-0.05, 0) is 86.2 Å². The first-order valence-electron chi connectivity index (χ1n) is 13.3. The highest BCUT2D eigenvalue weighted by atomic mass is 35.5. The van der Waals surface area contributed by atoms with Gasteiger partial charge in [-0.2, -0.15) is 0 Å². The van der Waals surface area contributed by atoms with Crippen LogP contribution < -0.4 is 0 Å². The lowest BCUT2D eigenvalue weighted by Crippen LogP contribution is -2.54. The third-order valence-electron chi connectivity index (χ3n) is 12.3. The highest BCUT2D eigenvalue weighted by Crippen LogP contribution is 2.92. The second-order valence-corrected chi connectivity index (χ2v) is 20.1. The Hall–Kier alpha value is 0.677. The molecule has 5 aliphatic carbocycles. The fourth-order valence-electron chi connectivity index (χ4n) is 9.37. The molecule has 0 spiro atoms. The molecule has 0 aromatic rings. The van der Waals surface area contributed by atoms with Crippen LogP contribution in [0.4, 0.5) is 0 Å². The summed E-state index contributed by atoms with van der Waals surface area (Å²) in [5, 5.41) is 0.254. The molecule has 0 unspecified atom stereocenters. The number of fused-ring (bicyclic) bond motifs is 3. The van der Waals surface area contributed by atoms with Gasteiger partial charge >= 0.3 is 0 Å². The first kappa shape index (κ1) is 25.3. The van der Waals surface area contributed by atoms with Crippen LogP contribution in [0.3, 0.4) is 0 Å². The fourth-order valence-corrected chi connectivity index (χ4v) is 12.2. The van der Waals surface area contributed by atoms with Gasteiger partial charge in [0.05, 0.1) is 6.10 Å². The van der Waals surface area contributed by atoms with Crippen LogP contribution in [0, 0.1) is 34.0 Å². The molecule has 0 aromatic heterocycles. The van der Waals surface area contributed by atoms with Crippen molar-refractivity contribution in [2.24, 2.45) is 34.0 Å². The van der Waals surface area contributed by atoms with E-state index in [1.807, 2.05) is 0 Å². The van der Waals surface area contributed by atoms with Gasteiger partial charge in [-0.1, -0.05) is 27.7 Å². The molecule has 0 heterocycles. The second-order valence-electron chi connectivity index (χ2n) is 14.0. The molecule has 0 saturated heterocycles. The molecule has 6 heteroatoms. The molecule has 0 radical (unpaired) electrons. The van der Waals surface area contributed by atoms with E-state index in [4.69, 9.17) is 37.1 Å². The van der Waals surface area contributed by atoms with Gasteiger partial charge in [-0.25, -0.2) is 0 Å². The van der Waals surface area contributed by atoms with E-state index >= 15 is 0 Å². The van der Waals surface area contributed by atoms with Crippen LogP contribution in [-0.2, 0) is 13.9 Å². The predicted octanol–water partition coefficient (Wildman–Crippen LogP) is 7.95. The van der Waals surface area contributed by atoms with Crippen LogP contribution in [0.2, 0.25) is 18.1 Å². The van der Waals surface area contributed by atoms with Crippen LogP contribution in [-0.4, -0.2) is 38.8 Å². The van der Waals surface area contributed by atoms with Gasteiger partial charge in [-0.15, -0.1) is 23.2 Å². The van der Waals surface area contributed by atoms with Crippen molar-refractivity contribution >= 4 is 31.5 Å². The maximum Gasteiger partial charge on any atom is 0.192 e. The number of methoxy groups -OCH3 is 2. The van der Waals surface area contributed by atoms with E-state index in [0.29, 0.717) is 17.4 Å². The van der Waals surface area contributed by atoms with Gasteiger partial charge in [0.1, 0.15) is 4.33 Å². The molecule has 7 atom stereocenters. The summed E-state index contributed by atoms with van der Waals surface area (Å²) in [4.78, 5) is 0. The van der Waals surface area contributed by atoms with E-state index in [-0.39, 0.29) is 15.9 Å². The minimum absolute atomic E-state index is 0.0340. The van der Waals surface area contributed by atoms with E-state index in [9.17, 15) is 0 Å². The zero-order chi connectivity index (χ0) is 24.3. The van der Waals surface area contributed by atoms with Crippen LogP contribution in [0.15, 0.2) is 0 Å². The number of rotatable bonds is 4. The van der Waals surface area contributed by atoms with Crippen LogP contribution in [0.25, 0.3) is 0 Å². The van der Waals surface area contributed by atoms with Crippen molar-refractivity contribution in [1.82, 2.24) is 0 Å². The fraction of sp³-hybridized carbons (Fsp3) is 1.00. The van der Waals surface area contributed by atoms with Crippen LogP contribution >= 0.6 is 23.2 Å². The Balaban J connectivity index is 1.41. The monoisotopic (exact) mass is 516 g/mol. The van der Waals surface area contributed by atoms with Crippen molar-refractivity contribution in [2.45, 2.75) is 120 Å². The van der Waals surface area contributed by atoms with Crippen LogP contribution in [0.1, 0.15) is 85.5 Å². The number of alkyl halides is 2. The summed E-state index contributed by atoms with van der Waals surface area (Å²) in [6, 6.07) is 0. The van der Waals surface area contributed by atoms with Crippen molar-refractivity contribution in [1.29, 1.82) is 0 Å². The molecule has 0 amide bonds. The quantitative estimate of drug-likeness (QED) is 0.215. The highest BCUT2D eigenvalue weighted by Gasteiger charge is 2.91. The maximum atomic E-state index is 7.31. The molecular formula is C27H46Cl2O3Si. The largest absolute Gasteiger partial charge is 0.413 e. The minimum Gasteiger partial charge on any atom is -0.413 e. The topological polar surface area (TPSA) is 27.7 Å². The van der Waals surface area contributed by atoms with Gasteiger partial charge in [0.25, 0.3) is 0 Å². The Morgan fingerprint density at radius 3 is 2.12 bits per heavy atom. The SMILES string of the molecule is COC1(OC)CC[C@]23[C@H]4CC[C@]5(C)[C@@H](O[Si](C)(C)C(C)(C)C)CC[C@H]5[C@@H]4CC[C@@]2(C1)C3(Cl)Cl. The summed E-state index contributed by atoms with van der Waals surface area (Å²) in [6.45, 7) is 14.5. The third kappa shape index (κ3) is 2.97. The van der Waals surface area contributed by atoms with Gasteiger partial charge in [0, 0.05) is 37.9 Å². The average Bonchev–Trinajstić information content (AvgIpc) is 2.98. The molecule has 33 heavy (non-hydrogen) atoms. The van der Waals surface area contributed by atoms with Crippen LogP contribution in [0.5, 0.6) is 0 Å². The van der Waals surface area contributed by atoms with Gasteiger partial charge in [-0.3, -0.25) is 0 Å². The second kappa shape index (κ2) is 7.38. The Morgan fingerprint density at radius 1 is 0.848 bits per heavy atom. The Kier molecular flexibility index (Phi) is 5.66. The molecule has 0 aromatic carbocycles. The molecule has 0 N–H and O–H groups in total. The van der Waals surface area contributed by atoms with Crippen molar-refractivity contribution in [3.8, 4) is 0 Å². The van der Waals surface area contributed by atoms with Crippen molar-refractivity contribution in [3.63, 3.8) is 0 Å². The molecule has 3 nitrogen and oxygen atoms in total. The van der Waals surface area contributed by atoms with Gasteiger partial charge in [0.2, 0.25) is 0 Å². The zero-order valence-corrected chi connectivity index (χ0v) is 24.7. The highest BCUT2D eigenvalue weighted by molar-refractivity contribution is 6.74. The lowest BCUT2D eigenvalue weighted by Gasteiger charge is -2.57. The lowest BCUT2D eigenvalue weighted by atomic mass is 9.50. The summed E-state index contributed by atoms with van der Waals surface area (Å²) >= 11 is 14.6. The molecule has 0 bridgehead atoms. The number of hydrogen-bond donors (Lipinski definition) is 0. The molecule has 5 aliphatic rings. The number of hydrogen-bond acceptors (Lipinski definition) is 3. The summed E-state index contributed by atoms with van der Waals surface area (Å²) in [5.74, 6) is 1.56. The van der Waals surface area contributed by atoms with Crippen molar-refractivity contribution in [3.05, 3.63) is 0 Å². The first-order chi connectivity index (χ1) is 15.2. The zero-order valence-electron chi connectivity index (χ0n) is 22.2. The Morgan fingerprint density at radius 2 is 1.52 bits per heavy atom. The summed E-state index contributed by atoms with van der Waals surface area (Å²) in [7, 11) is 1.76. The summed E-state index contributed by atoms with van der Waals surface area (Å²) in [6.07, 6.45) is 10.5. The summed E-state index contributed by atoms with van der Waals surface area (Å²) < 4.78 is 18.3. The Labute approximate surface area is 213 Å². The molecule has 5 rings (SSSR count). The van der Waals surface area contributed by atoms with Crippen molar-refractivity contribution in [2.75, 3.05) is 14.2 Å². The van der Waals surface area contributed by atoms with E-state index in [0.717, 1.165) is 37.5 Å². The predicted molar refractivity (Wildman–Crippen MR) is 138 cm³/mol. The molecule has 0 aliphatic heterocycles. The minimum atomic E-state index is -1.79. The maximum absolute atomic E-state index is 7.31. The smallest absolute Gasteiger partial charge is 0.192 e. The molecule has 5 fully saturated rings. The lowest BCUT2D eigenvalue weighted by molar-refractivity contribution is -0.247. The average molecular weight is 518 g/mol. The van der Waals surface area contributed by atoms with E-state index in [2.05, 4.69) is 40.8 Å². The normalized spacial score (nSPS) is 47.8. The Bertz CT molecular complexity index is 806. The van der Waals surface area contributed by atoms with Crippen molar-refractivity contribution < 1.29 is 13.9 Å². The summed E-state index contributed by atoms with van der Waals surface area (Å²) in [5.41, 5.74) is 0.269. The van der Waals surface area contributed by atoms with Gasteiger partial charge < -0.3 is 13.9 Å². The third-order valence-corrected chi connectivity index (χ3v) is 18.2. The number of ether oxygens (including phenoxy) is 2. The first-order valence-corrected chi connectivity index (χ1v) is 17.0. The van der Waals surface area contributed by atoms with E-state index in [1.54, 1.807) is 14.2 Å². The van der Waals surface area contributed by atoms with E-state index in [1.165, 1.54) is 32.1 Å². The molecular weight excluding hydrogens is 471 g/mol. The standard InChI is InChI=1S/C27H46Cl2O3Si/c1-22(2,3)33(7,8)32-21-10-9-19-18-11-14-24-17-25(30-5,31-6)15-16-26(24,27(24,28)29)20(18)12-13-23(19,21)4/h18-21H,9-17H2,1-8H3/t18-,19-,20-,21-,23-,24-,26-/m0/s1. The molecule has 190 valence electrons. The van der Waals surface area contributed by atoms with E-state index < -0.39 is 18.4 Å². The molecule has 5 saturated carbocycles. The number of halogens is 2. The van der Waals surface area contributed by atoms with Gasteiger partial charge in [0.15, 0.2) is 14.1 Å².